The molecule has 19 heavy (non-hydrogen) atoms. The third kappa shape index (κ3) is 3.52. The Bertz CT molecular complexity index is 410. The van der Waals surface area contributed by atoms with Gasteiger partial charge < -0.3 is 15.3 Å². The second-order valence-corrected chi connectivity index (χ2v) is 4.98. The predicted molar refractivity (Wildman–Crippen MR) is 72.4 cm³/mol. The Morgan fingerprint density at radius 3 is 3.11 bits per heavy atom. The van der Waals surface area contributed by atoms with Crippen LogP contribution in [0.3, 0.4) is 0 Å². The fourth-order valence-electron chi connectivity index (χ4n) is 2.40. The third-order valence-electron chi connectivity index (χ3n) is 3.56. The average Bonchev–Trinajstić information content (AvgIpc) is 2.55. The summed E-state index contributed by atoms with van der Waals surface area (Å²) in [5, 5.41) is 12.3. The van der Waals surface area contributed by atoms with Gasteiger partial charge >= 0.3 is 0 Å². The van der Waals surface area contributed by atoms with Crippen molar-refractivity contribution in [1.29, 1.82) is 0 Å². The van der Waals surface area contributed by atoms with Crippen LogP contribution in [0.2, 0.25) is 0 Å². The van der Waals surface area contributed by atoms with Crippen molar-refractivity contribution in [2.45, 2.75) is 38.4 Å². The molecule has 1 amide bonds. The van der Waals surface area contributed by atoms with Crippen LogP contribution >= 0.6 is 0 Å². The number of carbonyl (C=O) groups excluding carboxylic acids is 1. The zero-order valence-electron chi connectivity index (χ0n) is 11.2. The van der Waals surface area contributed by atoms with Crippen molar-refractivity contribution >= 4 is 5.91 Å². The first-order chi connectivity index (χ1) is 9.22. The highest BCUT2D eigenvalue weighted by Gasteiger charge is 2.30. The lowest BCUT2D eigenvalue weighted by atomic mass is 10.1. The minimum atomic E-state index is -0.272. The van der Waals surface area contributed by atoms with Crippen molar-refractivity contribution in [3.63, 3.8) is 0 Å². The summed E-state index contributed by atoms with van der Waals surface area (Å²) < 4.78 is 0. The maximum Gasteiger partial charge on any atom is 0.240 e. The zero-order chi connectivity index (χ0) is 13.7. The van der Waals surface area contributed by atoms with Gasteiger partial charge in [-0.1, -0.05) is 6.07 Å². The first-order valence-corrected chi connectivity index (χ1v) is 6.76. The molecule has 0 bridgehead atoms. The molecule has 1 saturated heterocycles. The van der Waals surface area contributed by atoms with Gasteiger partial charge in [-0.15, -0.1) is 0 Å². The molecule has 1 fully saturated rings. The van der Waals surface area contributed by atoms with Crippen LogP contribution in [-0.2, 0) is 11.3 Å². The molecule has 1 aliphatic rings. The van der Waals surface area contributed by atoms with Gasteiger partial charge in [-0.05, 0) is 37.9 Å². The number of carbonyl (C=O) groups is 1. The minimum Gasteiger partial charge on any atom is -0.396 e. The topological polar surface area (TPSA) is 65.5 Å². The van der Waals surface area contributed by atoms with Gasteiger partial charge in [0.1, 0.15) is 0 Å². The van der Waals surface area contributed by atoms with Crippen LogP contribution < -0.4 is 5.32 Å². The molecule has 0 aromatic carbocycles. The Hall–Kier alpha value is -1.46. The van der Waals surface area contributed by atoms with Crippen molar-refractivity contribution < 1.29 is 9.90 Å². The molecule has 1 aromatic heterocycles. The normalized spacial score (nSPS) is 24.3. The molecule has 5 heteroatoms. The van der Waals surface area contributed by atoms with Crippen molar-refractivity contribution in [2.24, 2.45) is 0 Å². The maximum atomic E-state index is 12.5. The molecular weight excluding hydrogens is 242 g/mol. The Balaban J connectivity index is 2.12. The highest BCUT2D eigenvalue weighted by atomic mass is 16.3. The first kappa shape index (κ1) is 14.0. The summed E-state index contributed by atoms with van der Waals surface area (Å²) in [5.41, 5.74) is 1.03. The van der Waals surface area contributed by atoms with Crippen LogP contribution in [0, 0.1) is 0 Å². The number of amides is 1. The zero-order valence-corrected chi connectivity index (χ0v) is 11.2. The molecule has 1 aliphatic heterocycles. The van der Waals surface area contributed by atoms with E-state index < -0.39 is 0 Å². The quantitative estimate of drug-likeness (QED) is 0.832. The summed E-state index contributed by atoms with van der Waals surface area (Å²) in [6, 6.07) is 3.79. The molecule has 2 heterocycles. The van der Waals surface area contributed by atoms with E-state index >= 15 is 0 Å². The molecule has 2 atom stereocenters. The van der Waals surface area contributed by atoms with Crippen LogP contribution in [0.4, 0.5) is 0 Å². The SMILES string of the molecule is CC1CCNC(CCO)C(=O)N1Cc1cccnc1. The van der Waals surface area contributed by atoms with Crippen LogP contribution in [0.1, 0.15) is 25.3 Å². The number of hydrogen-bond acceptors (Lipinski definition) is 4. The summed E-state index contributed by atoms with van der Waals surface area (Å²) in [4.78, 5) is 18.5. The van der Waals surface area contributed by atoms with Crippen molar-refractivity contribution in [3.05, 3.63) is 30.1 Å². The summed E-state index contributed by atoms with van der Waals surface area (Å²) in [7, 11) is 0. The van der Waals surface area contributed by atoms with Gasteiger partial charge in [0.05, 0.1) is 6.04 Å². The number of nitrogens with zero attached hydrogens (tertiary/aromatic N) is 2. The smallest absolute Gasteiger partial charge is 0.240 e. The van der Waals surface area contributed by atoms with Crippen LogP contribution in [0.25, 0.3) is 0 Å². The van der Waals surface area contributed by atoms with E-state index in [4.69, 9.17) is 5.11 Å². The molecule has 104 valence electrons. The molecular formula is C14H21N3O2. The summed E-state index contributed by atoms with van der Waals surface area (Å²) in [5.74, 6) is 0.0721. The van der Waals surface area contributed by atoms with Gasteiger partial charge in [0.25, 0.3) is 0 Å². The standard InChI is InChI=1S/C14H21N3O2/c1-11-4-7-16-13(5-8-18)14(19)17(11)10-12-3-2-6-15-9-12/h2-3,6,9,11,13,16,18H,4-5,7-8,10H2,1H3. The van der Waals surface area contributed by atoms with E-state index in [9.17, 15) is 4.79 Å². The van der Waals surface area contributed by atoms with Crippen LogP contribution in [-0.4, -0.2) is 46.1 Å². The molecule has 2 rings (SSSR count). The molecule has 0 spiro atoms. The number of aromatic nitrogens is 1. The van der Waals surface area contributed by atoms with E-state index in [1.165, 1.54) is 0 Å². The van der Waals surface area contributed by atoms with Gasteiger partial charge in [-0.2, -0.15) is 0 Å². The second kappa shape index (κ2) is 6.63. The minimum absolute atomic E-state index is 0.0263. The molecule has 2 unspecified atom stereocenters. The van der Waals surface area contributed by atoms with Crippen molar-refractivity contribution in [2.75, 3.05) is 13.2 Å². The van der Waals surface area contributed by atoms with E-state index in [-0.39, 0.29) is 24.6 Å². The van der Waals surface area contributed by atoms with Crippen molar-refractivity contribution in [3.8, 4) is 0 Å². The lowest BCUT2D eigenvalue weighted by Crippen LogP contribution is -2.45. The Kier molecular flexibility index (Phi) is 4.87. The number of rotatable bonds is 4. The highest BCUT2D eigenvalue weighted by molar-refractivity contribution is 5.82. The lowest BCUT2D eigenvalue weighted by molar-refractivity contribution is -0.135. The predicted octanol–water partition coefficient (Wildman–Crippen LogP) is 0.543. The van der Waals surface area contributed by atoms with E-state index in [0.717, 1.165) is 18.5 Å². The Labute approximate surface area is 113 Å². The maximum absolute atomic E-state index is 12.5. The number of nitrogens with one attached hydrogen (secondary N) is 1. The number of hydrogen-bond donors (Lipinski definition) is 2. The van der Waals surface area contributed by atoms with E-state index in [1.807, 2.05) is 17.0 Å². The number of aliphatic hydroxyl groups is 1. The molecule has 5 nitrogen and oxygen atoms in total. The van der Waals surface area contributed by atoms with Crippen LogP contribution in [0.15, 0.2) is 24.5 Å². The molecule has 2 N–H and O–H groups in total. The Morgan fingerprint density at radius 1 is 1.58 bits per heavy atom. The summed E-state index contributed by atoms with van der Waals surface area (Å²) in [6.45, 7) is 3.48. The van der Waals surface area contributed by atoms with E-state index in [1.54, 1.807) is 12.4 Å². The molecule has 0 saturated carbocycles. The number of aliphatic hydroxyl groups excluding tert-OH is 1. The third-order valence-corrected chi connectivity index (χ3v) is 3.56. The summed E-state index contributed by atoms with van der Waals surface area (Å²) in [6.07, 6.45) is 4.91. The first-order valence-electron chi connectivity index (χ1n) is 6.76. The summed E-state index contributed by atoms with van der Waals surface area (Å²) >= 11 is 0. The fraction of sp³-hybridized carbons (Fsp3) is 0.571. The van der Waals surface area contributed by atoms with Crippen LogP contribution in [0.5, 0.6) is 0 Å². The van der Waals surface area contributed by atoms with Gasteiger partial charge in [-0.3, -0.25) is 9.78 Å². The number of pyridine rings is 1. The average molecular weight is 263 g/mol. The van der Waals surface area contributed by atoms with E-state index in [0.29, 0.717) is 13.0 Å². The highest BCUT2D eigenvalue weighted by Crippen LogP contribution is 2.15. The monoisotopic (exact) mass is 263 g/mol. The van der Waals surface area contributed by atoms with Gasteiger partial charge in [0.15, 0.2) is 0 Å². The fourth-order valence-corrected chi connectivity index (χ4v) is 2.40. The molecule has 1 aromatic rings. The lowest BCUT2D eigenvalue weighted by Gasteiger charge is -2.29. The van der Waals surface area contributed by atoms with E-state index in [2.05, 4.69) is 17.2 Å². The van der Waals surface area contributed by atoms with Gasteiger partial charge in [-0.25, -0.2) is 0 Å². The Morgan fingerprint density at radius 2 is 2.42 bits per heavy atom. The molecule has 0 radical (unpaired) electrons. The van der Waals surface area contributed by atoms with Gasteiger partial charge in [0.2, 0.25) is 5.91 Å². The van der Waals surface area contributed by atoms with Crippen molar-refractivity contribution in [1.82, 2.24) is 15.2 Å². The second-order valence-electron chi connectivity index (χ2n) is 4.98. The van der Waals surface area contributed by atoms with Gasteiger partial charge in [0, 0.05) is 31.6 Å². The largest absolute Gasteiger partial charge is 0.396 e. The molecule has 0 aliphatic carbocycles.